The van der Waals surface area contributed by atoms with Crippen molar-refractivity contribution >= 4 is 34.5 Å². The standard InChI is InChI=1S/C13H13Cl2FN2S/c1-7-6-19-13(11(7)14)10(18-17)5-8-3-2-4-9(16)12(8)15/h2-4,6,10,18H,5,17H2,1H3. The molecule has 3 N–H and O–H groups in total. The summed E-state index contributed by atoms with van der Waals surface area (Å²) in [5, 5.41) is 2.79. The molecule has 2 rings (SSSR count). The quantitative estimate of drug-likeness (QED) is 0.653. The van der Waals surface area contributed by atoms with Gasteiger partial charge in [-0.05, 0) is 35.9 Å². The molecule has 1 heterocycles. The monoisotopic (exact) mass is 318 g/mol. The van der Waals surface area contributed by atoms with Crippen LogP contribution in [0.5, 0.6) is 0 Å². The predicted molar refractivity (Wildman–Crippen MR) is 79.2 cm³/mol. The Morgan fingerprint density at radius 1 is 1.37 bits per heavy atom. The minimum Gasteiger partial charge on any atom is -0.271 e. The van der Waals surface area contributed by atoms with Crippen molar-refractivity contribution in [1.82, 2.24) is 5.43 Å². The van der Waals surface area contributed by atoms with Crippen molar-refractivity contribution in [3.8, 4) is 0 Å². The van der Waals surface area contributed by atoms with Crippen molar-refractivity contribution in [3.05, 3.63) is 55.4 Å². The Balaban J connectivity index is 2.29. The molecule has 2 aromatic rings. The van der Waals surface area contributed by atoms with E-state index in [2.05, 4.69) is 5.43 Å². The smallest absolute Gasteiger partial charge is 0.142 e. The Labute approximate surface area is 125 Å². The van der Waals surface area contributed by atoms with E-state index in [-0.39, 0.29) is 11.1 Å². The SMILES string of the molecule is Cc1csc(C(Cc2cccc(F)c2Cl)NN)c1Cl. The fourth-order valence-corrected chi connectivity index (χ4v) is 3.43. The van der Waals surface area contributed by atoms with E-state index < -0.39 is 5.82 Å². The molecule has 102 valence electrons. The average Bonchev–Trinajstić information content (AvgIpc) is 2.72. The molecule has 2 nitrogen and oxygen atoms in total. The number of nitrogens with one attached hydrogen (secondary N) is 1. The van der Waals surface area contributed by atoms with Crippen LogP contribution in [0.4, 0.5) is 4.39 Å². The van der Waals surface area contributed by atoms with Gasteiger partial charge >= 0.3 is 0 Å². The Morgan fingerprint density at radius 3 is 2.68 bits per heavy atom. The van der Waals surface area contributed by atoms with E-state index >= 15 is 0 Å². The number of thiophene rings is 1. The summed E-state index contributed by atoms with van der Waals surface area (Å²) in [7, 11) is 0. The molecule has 0 spiro atoms. The second kappa shape index (κ2) is 6.20. The number of nitrogens with two attached hydrogens (primary N) is 1. The van der Waals surface area contributed by atoms with Gasteiger partial charge in [0.1, 0.15) is 5.82 Å². The van der Waals surface area contributed by atoms with Crippen molar-refractivity contribution < 1.29 is 4.39 Å². The van der Waals surface area contributed by atoms with Crippen molar-refractivity contribution in [1.29, 1.82) is 0 Å². The summed E-state index contributed by atoms with van der Waals surface area (Å²) in [6, 6.07) is 4.56. The Morgan fingerprint density at radius 2 is 2.11 bits per heavy atom. The van der Waals surface area contributed by atoms with Gasteiger partial charge in [0.15, 0.2) is 0 Å². The average molecular weight is 319 g/mol. The van der Waals surface area contributed by atoms with E-state index in [1.165, 1.54) is 17.4 Å². The molecule has 0 saturated heterocycles. The largest absolute Gasteiger partial charge is 0.271 e. The molecular weight excluding hydrogens is 306 g/mol. The fraction of sp³-hybridized carbons (Fsp3) is 0.231. The summed E-state index contributed by atoms with van der Waals surface area (Å²) < 4.78 is 13.4. The Hall–Kier alpha value is -0.650. The van der Waals surface area contributed by atoms with Crippen LogP contribution in [0.15, 0.2) is 23.6 Å². The number of hydrogen-bond donors (Lipinski definition) is 2. The molecule has 1 atom stereocenters. The van der Waals surface area contributed by atoms with Gasteiger partial charge in [-0.15, -0.1) is 11.3 Å². The second-order valence-corrected chi connectivity index (χ2v) is 5.90. The molecule has 0 aliphatic carbocycles. The van der Waals surface area contributed by atoms with Crippen molar-refractivity contribution in [2.75, 3.05) is 0 Å². The van der Waals surface area contributed by atoms with E-state index in [4.69, 9.17) is 29.0 Å². The molecule has 1 aromatic carbocycles. The number of hydrazine groups is 1. The number of halogens is 3. The molecule has 19 heavy (non-hydrogen) atoms. The molecule has 1 aromatic heterocycles. The lowest BCUT2D eigenvalue weighted by Crippen LogP contribution is -2.29. The molecule has 0 radical (unpaired) electrons. The van der Waals surface area contributed by atoms with Gasteiger partial charge in [-0.1, -0.05) is 35.3 Å². The lowest BCUT2D eigenvalue weighted by Gasteiger charge is -2.16. The van der Waals surface area contributed by atoms with Gasteiger partial charge in [-0.25, -0.2) is 4.39 Å². The third kappa shape index (κ3) is 3.09. The van der Waals surface area contributed by atoms with Gasteiger partial charge in [-0.2, -0.15) is 0 Å². The molecular formula is C13H13Cl2FN2S. The summed E-state index contributed by atoms with van der Waals surface area (Å²) in [5.41, 5.74) is 4.42. The first-order valence-electron chi connectivity index (χ1n) is 5.67. The summed E-state index contributed by atoms with van der Waals surface area (Å²) in [6.07, 6.45) is 0.479. The van der Waals surface area contributed by atoms with Gasteiger partial charge in [0, 0.05) is 4.88 Å². The highest BCUT2D eigenvalue weighted by atomic mass is 35.5. The molecule has 0 bridgehead atoms. The van der Waals surface area contributed by atoms with Crippen LogP contribution in [0.25, 0.3) is 0 Å². The number of hydrogen-bond acceptors (Lipinski definition) is 3. The van der Waals surface area contributed by atoms with E-state index in [9.17, 15) is 4.39 Å². The second-order valence-electron chi connectivity index (χ2n) is 4.23. The maximum atomic E-state index is 13.4. The van der Waals surface area contributed by atoms with Crippen molar-refractivity contribution in [2.45, 2.75) is 19.4 Å². The minimum atomic E-state index is -0.427. The topological polar surface area (TPSA) is 38.0 Å². The van der Waals surface area contributed by atoms with Crippen LogP contribution in [-0.4, -0.2) is 0 Å². The van der Waals surface area contributed by atoms with Gasteiger partial charge in [0.25, 0.3) is 0 Å². The predicted octanol–water partition coefficient (Wildman–Crippen LogP) is 4.25. The fourth-order valence-electron chi connectivity index (χ4n) is 1.84. The first kappa shape index (κ1) is 14.8. The van der Waals surface area contributed by atoms with E-state index in [1.54, 1.807) is 12.1 Å². The van der Waals surface area contributed by atoms with Crippen LogP contribution in [0.1, 0.15) is 22.0 Å². The molecule has 0 aliphatic heterocycles. The Bertz CT molecular complexity index is 586. The van der Waals surface area contributed by atoms with Gasteiger partial charge in [0.05, 0.1) is 16.1 Å². The van der Waals surface area contributed by atoms with Crippen LogP contribution in [-0.2, 0) is 6.42 Å². The summed E-state index contributed by atoms with van der Waals surface area (Å²) in [4.78, 5) is 0.932. The molecule has 0 fully saturated rings. The molecule has 0 aliphatic rings. The Kier molecular flexibility index (Phi) is 4.81. The molecule has 0 amide bonds. The molecule has 0 saturated carbocycles. The first-order chi connectivity index (χ1) is 9.04. The number of aryl methyl sites for hydroxylation is 1. The highest BCUT2D eigenvalue weighted by Gasteiger charge is 2.19. The van der Waals surface area contributed by atoms with Gasteiger partial charge in [-0.3, -0.25) is 11.3 Å². The lowest BCUT2D eigenvalue weighted by molar-refractivity contribution is 0.557. The zero-order valence-electron chi connectivity index (χ0n) is 10.2. The van der Waals surface area contributed by atoms with Crippen LogP contribution >= 0.6 is 34.5 Å². The van der Waals surface area contributed by atoms with E-state index in [0.29, 0.717) is 17.0 Å². The summed E-state index contributed by atoms with van der Waals surface area (Å²) in [5.74, 6) is 5.15. The zero-order chi connectivity index (χ0) is 14.0. The maximum absolute atomic E-state index is 13.4. The minimum absolute atomic E-state index is 0.132. The van der Waals surface area contributed by atoms with E-state index in [1.807, 2.05) is 12.3 Å². The van der Waals surface area contributed by atoms with Gasteiger partial charge < -0.3 is 0 Å². The van der Waals surface area contributed by atoms with Gasteiger partial charge in [0.2, 0.25) is 0 Å². The first-order valence-corrected chi connectivity index (χ1v) is 7.30. The van der Waals surface area contributed by atoms with Crippen LogP contribution < -0.4 is 11.3 Å². The normalized spacial score (nSPS) is 12.7. The highest BCUT2D eigenvalue weighted by molar-refractivity contribution is 7.10. The summed E-state index contributed by atoms with van der Waals surface area (Å²) >= 11 is 13.7. The summed E-state index contributed by atoms with van der Waals surface area (Å²) in [6.45, 7) is 1.94. The highest BCUT2D eigenvalue weighted by Crippen LogP contribution is 2.34. The van der Waals surface area contributed by atoms with E-state index in [0.717, 1.165) is 10.4 Å². The molecule has 6 heteroatoms. The molecule has 1 unspecified atom stereocenters. The third-order valence-corrected chi connectivity index (χ3v) is 5.15. The number of rotatable bonds is 4. The van der Waals surface area contributed by atoms with Crippen LogP contribution in [0.3, 0.4) is 0 Å². The third-order valence-electron chi connectivity index (χ3n) is 2.90. The van der Waals surface area contributed by atoms with Crippen molar-refractivity contribution in [2.24, 2.45) is 5.84 Å². The number of benzene rings is 1. The van der Waals surface area contributed by atoms with Crippen LogP contribution in [0.2, 0.25) is 10.0 Å². The zero-order valence-corrected chi connectivity index (χ0v) is 12.5. The van der Waals surface area contributed by atoms with Crippen LogP contribution in [0, 0.1) is 12.7 Å². The lowest BCUT2D eigenvalue weighted by atomic mass is 10.0. The van der Waals surface area contributed by atoms with Crippen molar-refractivity contribution in [3.63, 3.8) is 0 Å². The maximum Gasteiger partial charge on any atom is 0.142 e.